The summed E-state index contributed by atoms with van der Waals surface area (Å²) in [5.74, 6) is -0.576. The van der Waals surface area contributed by atoms with Crippen LogP contribution in [0.25, 0.3) is 21.2 Å². The second-order valence-electron chi connectivity index (χ2n) is 8.25. The van der Waals surface area contributed by atoms with Crippen molar-refractivity contribution in [2.24, 2.45) is 0 Å². The Balaban J connectivity index is 1.63. The molecule has 0 saturated heterocycles. The molecule has 1 amide bonds. The highest BCUT2D eigenvalue weighted by atomic mass is 32.1. The largest absolute Gasteiger partial charge is 0.450 e. The smallest absolute Gasteiger partial charge is 0.297 e. The molecule has 0 unspecified atom stereocenters. The van der Waals surface area contributed by atoms with E-state index in [1.54, 1.807) is 36.4 Å². The van der Waals surface area contributed by atoms with E-state index >= 15 is 0 Å². The van der Waals surface area contributed by atoms with Crippen LogP contribution < -0.4 is 10.3 Å². The first-order valence-electron chi connectivity index (χ1n) is 11.0. The lowest BCUT2D eigenvalue weighted by Crippen LogP contribution is -2.29. The molecule has 0 N–H and O–H groups in total. The fourth-order valence-corrected chi connectivity index (χ4v) is 5.58. The lowest BCUT2D eigenvalue weighted by Gasteiger charge is -2.22. The predicted octanol–water partition coefficient (Wildman–Crippen LogP) is 5.62. The minimum absolute atomic E-state index is 0.0706. The van der Waals surface area contributed by atoms with Crippen LogP contribution in [0.15, 0.2) is 75.9 Å². The summed E-state index contributed by atoms with van der Waals surface area (Å²) in [6.07, 6.45) is 0.860. The number of rotatable bonds is 4. The summed E-state index contributed by atoms with van der Waals surface area (Å²) in [7, 11) is 0. The molecule has 8 nitrogen and oxygen atoms in total. The third-order valence-corrected chi connectivity index (χ3v) is 7.25. The summed E-state index contributed by atoms with van der Waals surface area (Å²) in [6.45, 7) is 2.06. The van der Waals surface area contributed by atoms with Crippen LogP contribution in [0.5, 0.6) is 0 Å². The van der Waals surface area contributed by atoms with Gasteiger partial charge >= 0.3 is 0 Å². The van der Waals surface area contributed by atoms with Gasteiger partial charge in [0.15, 0.2) is 10.6 Å². The maximum atomic E-state index is 13.7. The third kappa shape index (κ3) is 3.23. The molecular weight excluding hydrogens is 466 g/mol. The average molecular weight is 484 g/mol. The van der Waals surface area contributed by atoms with Gasteiger partial charge in [0, 0.05) is 12.1 Å². The zero-order valence-corrected chi connectivity index (χ0v) is 19.2. The quantitative estimate of drug-likeness (QED) is 0.242. The first kappa shape index (κ1) is 21.2. The van der Waals surface area contributed by atoms with E-state index in [1.807, 2.05) is 18.2 Å². The molecule has 0 bridgehead atoms. The topological polar surface area (TPSA) is 107 Å². The molecule has 0 aliphatic carbocycles. The van der Waals surface area contributed by atoms with E-state index in [0.717, 1.165) is 22.2 Å². The number of hydrogen-bond acceptors (Lipinski definition) is 7. The van der Waals surface area contributed by atoms with Gasteiger partial charge in [0.05, 0.1) is 32.1 Å². The number of aryl methyl sites for hydroxylation is 1. The zero-order valence-electron chi connectivity index (χ0n) is 18.4. The van der Waals surface area contributed by atoms with E-state index in [9.17, 15) is 19.7 Å². The minimum Gasteiger partial charge on any atom is -0.450 e. The average Bonchev–Trinajstić information content (AvgIpc) is 3.42. The fraction of sp³-hybridized carbons (Fsp3) is 0.115. The second kappa shape index (κ2) is 7.85. The number of benzene rings is 3. The van der Waals surface area contributed by atoms with Crippen LogP contribution in [0.2, 0.25) is 0 Å². The molecule has 0 saturated carbocycles. The molecule has 172 valence electrons. The maximum absolute atomic E-state index is 13.7. The number of amides is 1. The number of thiazole rings is 1. The first-order valence-corrected chi connectivity index (χ1v) is 11.8. The van der Waals surface area contributed by atoms with Crippen LogP contribution in [-0.4, -0.2) is 15.8 Å². The Morgan fingerprint density at radius 2 is 1.91 bits per heavy atom. The number of nitro groups is 1. The fourth-order valence-electron chi connectivity index (χ4n) is 4.52. The molecule has 0 radical (unpaired) electrons. The van der Waals surface area contributed by atoms with E-state index in [-0.39, 0.29) is 22.4 Å². The normalized spacial score (nSPS) is 15.2. The number of aromatic nitrogens is 1. The molecule has 35 heavy (non-hydrogen) atoms. The number of non-ortho nitro benzene ring substituents is 1. The lowest BCUT2D eigenvalue weighted by molar-refractivity contribution is -0.384. The number of hydrogen-bond donors (Lipinski definition) is 0. The van der Waals surface area contributed by atoms with Gasteiger partial charge in [-0.1, -0.05) is 48.6 Å². The van der Waals surface area contributed by atoms with Gasteiger partial charge in [0.25, 0.3) is 11.6 Å². The zero-order chi connectivity index (χ0) is 24.3. The third-order valence-electron chi connectivity index (χ3n) is 6.23. The van der Waals surface area contributed by atoms with Gasteiger partial charge in [-0.05, 0) is 41.8 Å². The van der Waals surface area contributed by atoms with Crippen molar-refractivity contribution < 1.29 is 14.1 Å². The Morgan fingerprint density at radius 3 is 2.71 bits per heavy atom. The number of nitro benzene ring substituents is 1. The number of nitrogens with zero attached hydrogens (tertiary/aromatic N) is 3. The standard InChI is InChI=1S/C26H17N3O5S/c1-2-14-10-11-18-20(12-14)35-26(27-18)28-22(15-6-5-7-16(13-15)29(32)33)21-23(30)17-8-3-4-9-19(17)34-24(21)25(28)31/h3-13,22H,2H2,1H3/t22-/m1/s1. The van der Waals surface area contributed by atoms with Gasteiger partial charge in [-0.15, -0.1) is 0 Å². The van der Waals surface area contributed by atoms with Gasteiger partial charge in [-0.3, -0.25) is 24.6 Å². The number of para-hydroxylation sites is 1. The van der Waals surface area contributed by atoms with Crippen LogP contribution >= 0.6 is 11.3 Å². The SMILES string of the molecule is CCc1ccc2nc(N3C(=O)c4oc5ccccc5c(=O)c4[C@H]3c3cccc([N+](=O)[O-])c3)sc2c1. The van der Waals surface area contributed by atoms with E-state index < -0.39 is 16.9 Å². The predicted molar refractivity (Wildman–Crippen MR) is 133 cm³/mol. The molecule has 0 spiro atoms. The number of fused-ring (bicyclic) bond motifs is 3. The molecule has 9 heteroatoms. The van der Waals surface area contributed by atoms with Crippen LogP contribution in [0.4, 0.5) is 10.8 Å². The monoisotopic (exact) mass is 483 g/mol. The molecule has 3 aromatic carbocycles. The highest BCUT2D eigenvalue weighted by molar-refractivity contribution is 7.22. The van der Waals surface area contributed by atoms with Crippen molar-refractivity contribution in [1.82, 2.24) is 4.98 Å². The summed E-state index contributed by atoms with van der Waals surface area (Å²) in [6, 6.07) is 17.7. The molecule has 6 rings (SSSR count). The van der Waals surface area contributed by atoms with Crippen LogP contribution in [0.3, 0.4) is 0 Å². The van der Waals surface area contributed by atoms with E-state index in [0.29, 0.717) is 21.7 Å². The van der Waals surface area contributed by atoms with Crippen molar-refractivity contribution in [2.75, 3.05) is 4.90 Å². The molecule has 3 heterocycles. The Morgan fingerprint density at radius 1 is 1.09 bits per heavy atom. The van der Waals surface area contributed by atoms with Crippen molar-refractivity contribution in [3.05, 3.63) is 110 Å². The minimum atomic E-state index is -0.913. The molecular formula is C26H17N3O5S. The van der Waals surface area contributed by atoms with Gasteiger partial charge in [0.1, 0.15) is 5.58 Å². The Labute approximate surface area is 202 Å². The number of carbonyl (C=O) groups is 1. The van der Waals surface area contributed by atoms with E-state index in [1.165, 1.54) is 28.4 Å². The summed E-state index contributed by atoms with van der Waals surface area (Å²) in [4.78, 5) is 44.4. The van der Waals surface area contributed by atoms with Gasteiger partial charge in [-0.25, -0.2) is 4.98 Å². The van der Waals surface area contributed by atoms with Crippen molar-refractivity contribution >= 4 is 49.2 Å². The van der Waals surface area contributed by atoms with Gasteiger partial charge < -0.3 is 4.42 Å². The van der Waals surface area contributed by atoms with Crippen LogP contribution in [0, 0.1) is 10.1 Å². The van der Waals surface area contributed by atoms with Crippen molar-refractivity contribution in [3.63, 3.8) is 0 Å². The molecule has 2 aromatic heterocycles. The molecule has 1 aliphatic heterocycles. The molecule has 1 atom stereocenters. The number of anilines is 1. The van der Waals surface area contributed by atoms with Crippen molar-refractivity contribution in [1.29, 1.82) is 0 Å². The van der Waals surface area contributed by atoms with Crippen molar-refractivity contribution in [2.45, 2.75) is 19.4 Å². The second-order valence-corrected chi connectivity index (χ2v) is 9.26. The van der Waals surface area contributed by atoms with Crippen LogP contribution in [0.1, 0.15) is 40.2 Å². The first-order chi connectivity index (χ1) is 17.0. The van der Waals surface area contributed by atoms with Gasteiger partial charge in [0.2, 0.25) is 5.76 Å². The highest BCUT2D eigenvalue weighted by Crippen LogP contribution is 2.44. The Hall–Kier alpha value is -4.37. The summed E-state index contributed by atoms with van der Waals surface area (Å²) < 4.78 is 6.85. The Bertz CT molecular complexity index is 1740. The summed E-state index contributed by atoms with van der Waals surface area (Å²) in [5.41, 5.74) is 2.29. The summed E-state index contributed by atoms with van der Waals surface area (Å²) >= 11 is 1.33. The van der Waals surface area contributed by atoms with Crippen molar-refractivity contribution in [3.8, 4) is 0 Å². The Kier molecular flexibility index (Phi) is 4.75. The van der Waals surface area contributed by atoms with E-state index in [2.05, 4.69) is 11.9 Å². The summed E-state index contributed by atoms with van der Waals surface area (Å²) in [5, 5.41) is 12.2. The molecule has 0 fully saturated rings. The maximum Gasteiger partial charge on any atom is 0.297 e. The van der Waals surface area contributed by atoms with Gasteiger partial charge in [-0.2, -0.15) is 0 Å². The number of carbonyl (C=O) groups excluding carboxylic acids is 1. The lowest BCUT2D eigenvalue weighted by atomic mass is 9.98. The van der Waals surface area contributed by atoms with E-state index in [4.69, 9.17) is 4.42 Å². The van der Waals surface area contributed by atoms with Crippen LogP contribution in [-0.2, 0) is 6.42 Å². The molecule has 1 aliphatic rings. The highest BCUT2D eigenvalue weighted by Gasteiger charge is 2.45. The molecule has 5 aromatic rings.